The Kier molecular flexibility index (Phi) is 10.4. The van der Waals surface area contributed by atoms with Crippen LogP contribution in [0.15, 0.2) is 60.7 Å². The van der Waals surface area contributed by atoms with Gasteiger partial charge in [0.25, 0.3) is 12.3 Å². The maximum absolute atomic E-state index is 13.6. The Balaban J connectivity index is 1.81. The van der Waals surface area contributed by atoms with Crippen molar-refractivity contribution in [1.29, 1.82) is 0 Å². The number of hydrogen-bond donors (Lipinski definition) is 1. The van der Waals surface area contributed by atoms with Crippen molar-refractivity contribution in [3.8, 4) is 5.75 Å². The number of nitrogens with one attached hydrogen (secondary N) is 1. The van der Waals surface area contributed by atoms with Crippen molar-refractivity contribution in [2.75, 3.05) is 11.9 Å². The smallest absolute Gasteiger partial charge is 0.400 e. The van der Waals surface area contributed by atoms with E-state index in [1.165, 1.54) is 54.6 Å². The number of carbonyl (C=O) groups is 3. The lowest BCUT2D eigenvalue weighted by molar-refractivity contribution is -0.210. The van der Waals surface area contributed by atoms with Crippen molar-refractivity contribution in [1.82, 2.24) is 0 Å². The number of rotatable bonds is 12. The Morgan fingerprint density at radius 1 is 0.929 bits per heavy atom. The van der Waals surface area contributed by atoms with Gasteiger partial charge in [-0.05, 0) is 73.9 Å². The number of anilines is 1. The molecule has 0 aliphatic heterocycles. The molecule has 42 heavy (non-hydrogen) atoms. The zero-order valence-electron chi connectivity index (χ0n) is 22.5. The number of ketones is 2. The fourth-order valence-electron chi connectivity index (χ4n) is 3.86. The van der Waals surface area contributed by atoms with Gasteiger partial charge in [0, 0.05) is 24.1 Å². The van der Waals surface area contributed by atoms with Crippen molar-refractivity contribution in [3.05, 3.63) is 93.8 Å². The van der Waals surface area contributed by atoms with Gasteiger partial charge in [0.05, 0.1) is 10.6 Å². The normalized spacial score (nSPS) is 11.9. The molecule has 0 atom stereocenters. The molecular formula is C30H26ClF6NO4. The lowest BCUT2D eigenvalue weighted by atomic mass is 9.84. The Bertz CT molecular complexity index is 1470. The first kappa shape index (κ1) is 32.7. The van der Waals surface area contributed by atoms with Gasteiger partial charge in [-0.25, -0.2) is 13.2 Å². The van der Waals surface area contributed by atoms with E-state index in [-0.39, 0.29) is 46.0 Å². The average Bonchev–Trinajstić information content (AvgIpc) is 2.90. The molecule has 3 aromatic carbocycles. The molecule has 0 aliphatic rings. The van der Waals surface area contributed by atoms with Gasteiger partial charge in [-0.15, -0.1) is 0 Å². The van der Waals surface area contributed by atoms with E-state index >= 15 is 0 Å². The summed E-state index contributed by atoms with van der Waals surface area (Å²) < 4.78 is 83.7. The monoisotopic (exact) mass is 613 g/mol. The molecule has 0 saturated heterocycles. The lowest BCUT2D eigenvalue weighted by Gasteiger charge is -2.26. The van der Waals surface area contributed by atoms with E-state index in [0.29, 0.717) is 5.56 Å². The van der Waals surface area contributed by atoms with Gasteiger partial charge in [-0.1, -0.05) is 29.8 Å². The minimum atomic E-state index is -4.71. The third-order valence-electron chi connectivity index (χ3n) is 6.48. The molecule has 0 aliphatic carbocycles. The van der Waals surface area contributed by atoms with Gasteiger partial charge in [0.2, 0.25) is 0 Å². The third-order valence-corrected chi connectivity index (χ3v) is 6.81. The number of aryl methyl sites for hydroxylation is 1. The molecule has 3 aromatic rings. The second-order valence-corrected chi connectivity index (χ2v) is 10.4. The number of benzene rings is 3. The number of hydrogen-bond acceptors (Lipinski definition) is 4. The maximum Gasteiger partial charge on any atom is 0.400 e. The fourth-order valence-corrected chi connectivity index (χ4v) is 4.08. The van der Waals surface area contributed by atoms with Crippen LogP contribution in [0.25, 0.3) is 0 Å². The highest BCUT2D eigenvalue weighted by Crippen LogP contribution is 2.39. The summed E-state index contributed by atoms with van der Waals surface area (Å²) in [5.41, 5.74) is -1.86. The molecule has 0 heterocycles. The number of Topliss-reactive ketones (excluding diaryl/α,β-unsaturated/α-hetero) is 2. The van der Waals surface area contributed by atoms with E-state index in [1.807, 2.05) is 0 Å². The Hall–Kier alpha value is -3.86. The van der Waals surface area contributed by atoms with Crippen LogP contribution < -0.4 is 10.1 Å². The topological polar surface area (TPSA) is 72.5 Å². The van der Waals surface area contributed by atoms with Crippen LogP contribution in [-0.4, -0.2) is 36.7 Å². The van der Waals surface area contributed by atoms with Crippen LogP contribution in [0.4, 0.5) is 32.0 Å². The number of amides is 1. The van der Waals surface area contributed by atoms with Gasteiger partial charge >= 0.3 is 6.18 Å². The van der Waals surface area contributed by atoms with E-state index in [2.05, 4.69) is 5.32 Å². The SMILES string of the molecule is CC(C)(C(=O)CCc1ccc(Cl)c(C(=O)Cc2ccc(OCC(F)F)c(C(=O)Nc3cccc(F)c3)c2)c1)C(F)(F)F. The molecular weight excluding hydrogens is 588 g/mol. The Labute approximate surface area is 242 Å². The van der Waals surface area contributed by atoms with Gasteiger partial charge in [-0.2, -0.15) is 13.2 Å². The quantitative estimate of drug-likeness (QED) is 0.167. The molecule has 0 unspecified atom stereocenters. The average molecular weight is 614 g/mol. The lowest BCUT2D eigenvalue weighted by Crippen LogP contribution is -2.39. The standard InChI is InChI=1S/C30H26ClF6NO4/c1-29(2,30(35,36)37)26(40)11-8-17-6-9-23(31)21(12-17)24(39)14-18-7-10-25(42-16-27(33)34)22(13-18)28(41)38-20-5-3-4-19(32)15-20/h3-7,9-10,12-13,15,27H,8,11,14,16H2,1-2H3,(H,38,41). The number of alkyl halides is 5. The summed E-state index contributed by atoms with van der Waals surface area (Å²) in [7, 11) is 0. The summed E-state index contributed by atoms with van der Waals surface area (Å²) >= 11 is 6.21. The molecule has 3 rings (SSSR count). The highest BCUT2D eigenvalue weighted by Gasteiger charge is 2.51. The van der Waals surface area contributed by atoms with Gasteiger partial charge in [0.15, 0.2) is 5.78 Å². The zero-order chi connectivity index (χ0) is 31.2. The zero-order valence-corrected chi connectivity index (χ0v) is 23.2. The van der Waals surface area contributed by atoms with Crippen LogP contribution in [-0.2, 0) is 17.6 Å². The van der Waals surface area contributed by atoms with E-state index in [4.69, 9.17) is 16.3 Å². The molecule has 0 radical (unpaired) electrons. The van der Waals surface area contributed by atoms with Crippen molar-refractivity contribution in [2.24, 2.45) is 5.41 Å². The van der Waals surface area contributed by atoms with Crippen LogP contribution in [0.2, 0.25) is 5.02 Å². The summed E-state index contributed by atoms with van der Waals surface area (Å²) in [5.74, 6) is -3.12. The molecule has 5 nitrogen and oxygen atoms in total. The number of carbonyl (C=O) groups excluding carboxylic acids is 3. The molecule has 1 N–H and O–H groups in total. The number of halogens is 7. The van der Waals surface area contributed by atoms with Gasteiger partial charge in [-0.3, -0.25) is 14.4 Å². The Morgan fingerprint density at radius 2 is 1.60 bits per heavy atom. The maximum atomic E-state index is 13.6. The predicted molar refractivity (Wildman–Crippen MR) is 145 cm³/mol. The number of ether oxygens (including phenoxy) is 1. The van der Waals surface area contributed by atoms with Crippen LogP contribution in [0, 0.1) is 11.2 Å². The summed E-state index contributed by atoms with van der Waals surface area (Å²) in [5, 5.41) is 2.51. The minimum Gasteiger partial charge on any atom is -0.487 e. The molecule has 224 valence electrons. The van der Waals surface area contributed by atoms with E-state index in [0.717, 1.165) is 19.9 Å². The molecule has 12 heteroatoms. The van der Waals surface area contributed by atoms with Crippen LogP contribution in [0.5, 0.6) is 5.75 Å². The molecule has 0 saturated carbocycles. The summed E-state index contributed by atoms with van der Waals surface area (Å²) in [4.78, 5) is 38.3. The summed E-state index contributed by atoms with van der Waals surface area (Å²) in [6, 6.07) is 13.2. The first-order valence-corrected chi connectivity index (χ1v) is 13.0. The summed E-state index contributed by atoms with van der Waals surface area (Å²) in [6.45, 7) is 0.620. The highest BCUT2D eigenvalue weighted by atomic mass is 35.5. The van der Waals surface area contributed by atoms with Crippen LogP contribution >= 0.6 is 11.6 Å². The molecule has 0 aromatic heterocycles. The highest BCUT2D eigenvalue weighted by molar-refractivity contribution is 6.34. The minimum absolute atomic E-state index is 0.0421. The Morgan fingerprint density at radius 3 is 2.24 bits per heavy atom. The van der Waals surface area contributed by atoms with E-state index in [9.17, 15) is 40.7 Å². The molecule has 1 amide bonds. The van der Waals surface area contributed by atoms with Crippen molar-refractivity contribution >= 4 is 34.8 Å². The van der Waals surface area contributed by atoms with Crippen LogP contribution in [0.1, 0.15) is 52.1 Å². The molecule has 0 bridgehead atoms. The molecule has 0 fully saturated rings. The van der Waals surface area contributed by atoms with Crippen molar-refractivity contribution < 1.29 is 45.5 Å². The fraction of sp³-hybridized carbons (Fsp3) is 0.300. The molecule has 0 spiro atoms. The van der Waals surface area contributed by atoms with E-state index in [1.54, 1.807) is 0 Å². The van der Waals surface area contributed by atoms with Crippen molar-refractivity contribution in [3.63, 3.8) is 0 Å². The summed E-state index contributed by atoms with van der Waals surface area (Å²) in [6.07, 6.45) is -8.30. The third kappa shape index (κ3) is 8.34. The van der Waals surface area contributed by atoms with E-state index < -0.39 is 54.3 Å². The van der Waals surface area contributed by atoms with Gasteiger partial charge < -0.3 is 10.1 Å². The van der Waals surface area contributed by atoms with Crippen molar-refractivity contribution in [2.45, 2.75) is 45.7 Å². The van der Waals surface area contributed by atoms with Crippen LogP contribution in [0.3, 0.4) is 0 Å². The second kappa shape index (κ2) is 13.4. The largest absolute Gasteiger partial charge is 0.487 e. The predicted octanol–water partition coefficient (Wildman–Crippen LogP) is 7.89. The first-order valence-electron chi connectivity index (χ1n) is 12.6. The first-order chi connectivity index (χ1) is 19.6. The second-order valence-electron chi connectivity index (χ2n) is 9.96. The van der Waals surface area contributed by atoms with Gasteiger partial charge in [0.1, 0.15) is 29.4 Å².